The molecule has 0 bridgehead atoms. The third-order valence-electron chi connectivity index (χ3n) is 4.73. The summed E-state index contributed by atoms with van der Waals surface area (Å²) < 4.78 is 0. The molecule has 24 heavy (non-hydrogen) atoms. The van der Waals surface area contributed by atoms with E-state index in [1.165, 1.54) is 28.0 Å². The molecule has 0 aromatic heterocycles. The predicted octanol–water partition coefficient (Wildman–Crippen LogP) is 6.40. The van der Waals surface area contributed by atoms with Crippen molar-refractivity contribution >= 4 is 0 Å². The summed E-state index contributed by atoms with van der Waals surface area (Å²) in [4.78, 5) is 2.45. The van der Waals surface area contributed by atoms with E-state index in [4.69, 9.17) is 0 Å². The Hall–Kier alpha value is -2.02. The highest BCUT2D eigenvalue weighted by Crippen LogP contribution is 2.30. The highest BCUT2D eigenvalue weighted by atomic mass is 15.1. The van der Waals surface area contributed by atoms with Gasteiger partial charge in [-0.1, -0.05) is 75.9 Å². The summed E-state index contributed by atoms with van der Waals surface area (Å²) in [6.07, 6.45) is 2.33. The Morgan fingerprint density at radius 1 is 1.00 bits per heavy atom. The average Bonchev–Trinajstić information content (AvgIpc) is 2.61. The molecule has 2 rings (SSSR count). The normalized spacial score (nSPS) is 12.0. The quantitative estimate of drug-likeness (QED) is 0.543. The molecular formula is C23H31N. The SMILES string of the molecule is C=C(C(C)c1ccc(-c2ccccc2)c(C)c1)N(CCC)CCC. The molecule has 1 heteroatoms. The van der Waals surface area contributed by atoms with Crippen molar-refractivity contribution in [2.45, 2.75) is 46.5 Å². The Morgan fingerprint density at radius 3 is 2.17 bits per heavy atom. The van der Waals surface area contributed by atoms with Crippen molar-refractivity contribution < 1.29 is 0 Å². The van der Waals surface area contributed by atoms with Crippen molar-refractivity contribution in [3.05, 3.63) is 71.9 Å². The highest BCUT2D eigenvalue weighted by molar-refractivity contribution is 5.67. The second kappa shape index (κ2) is 8.73. The van der Waals surface area contributed by atoms with Crippen LogP contribution in [-0.4, -0.2) is 18.0 Å². The number of aryl methyl sites for hydroxylation is 1. The number of hydrogen-bond donors (Lipinski definition) is 0. The molecule has 0 aliphatic heterocycles. The zero-order valence-corrected chi connectivity index (χ0v) is 15.7. The lowest BCUT2D eigenvalue weighted by molar-refractivity contribution is 0.327. The topological polar surface area (TPSA) is 3.24 Å². The van der Waals surface area contributed by atoms with Gasteiger partial charge >= 0.3 is 0 Å². The van der Waals surface area contributed by atoms with Crippen molar-refractivity contribution in [3.63, 3.8) is 0 Å². The van der Waals surface area contributed by atoms with Gasteiger partial charge in [-0.3, -0.25) is 0 Å². The van der Waals surface area contributed by atoms with Crippen LogP contribution in [0.5, 0.6) is 0 Å². The van der Waals surface area contributed by atoms with Gasteiger partial charge in [-0.05, 0) is 42.0 Å². The Morgan fingerprint density at radius 2 is 1.62 bits per heavy atom. The van der Waals surface area contributed by atoms with Crippen LogP contribution < -0.4 is 0 Å². The van der Waals surface area contributed by atoms with Gasteiger partial charge in [-0.15, -0.1) is 0 Å². The van der Waals surface area contributed by atoms with Gasteiger partial charge < -0.3 is 4.90 Å². The lowest BCUT2D eigenvalue weighted by Gasteiger charge is -2.30. The van der Waals surface area contributed by atoms with Crippen LogP contribution in [0.4, 0.5) is 0 Å². The number of allylic oxidation sites excluding steroid dienone is 1. The van der Waals surface area contributed by atoms with Crippen LogP contribution in [0.1, 0.15) is 50.7 Å². The second-order valence-electron chi connectivity index (χ2n) is 6.64. The number of benzene rings is 2. The molecule has 0 heterocycles. The Labute approximate surface area is 148 Å². The molecule has 0 amide bonds. The van der Waals surface area contributed by atoms with Crippen molar-refractivity contribution in [1.29, 1.82) is 0 Å². The maximum atomic E-state index is 4.40. The summed E-state index contributed by atoms with van der Waals surface area (Å²) in [5.74, 6) is 0.353. The second-order valence-corrected chi connectivity index (χ2v) is 6.64. The molecule has 1 atom stereocenters. The minimum absolute atomic E-state index is 0.353. The lowest BCUT2D eigenvalue weighted by Crippen LogP contribution is -2.27. The van der Waals surface area contributed by atoms with Crippen LogP contribution in [0.15, 0.2) is 60.8 Å². The largest absolute Gasteiger partial charge is 0.375 e. The van der Waals surface area contributed by atoms with Gasteiger partial charge in [-0.2, -0.15) is 0 Å². The first-order chi connectivity index (χ1) is 11.6. The fourth-order valence-corrected chi connectivity index (χ4v) is 3.30. The average molecular weight is 322 g/mol. The molecule has 2 aromatic carbocycles. The van der Waals surface area contributed by atoms with Gasteiger partial charge in [0.1, 0.15) is 0 Å². The van der Waals surface area contributed by atoms with E-state index in [2.05, 4.69) is 87.7 Å². The smallest absolute Gasteiger partial charge is 0.0205 e. The van der Waals surface area contributed by atoms with E-state index in [0.29, 0.717) is 5.92 Å². The molecule has 0 spiro atoms. The van der Waals surface area contributed by atoms with Gasteiger partial charge in [-0.25, -0.2) is 0 Å². The van der Waals surface area contributed by atoms with E-state index in [1.54, 1.807) is 0 Å². The maximum absolute atomic E-state index is 4.40. The minimum atomic E-state index is 0.353. The zero-order valence-electron chi connectivity index (χ0n) is 15.7. The highest BCUT2D eigenvalue weighted by Gasteiger charge is 2.16. The summed E-state index contributed by atoms with van der Waals surface area (Å²) in [5, 5.41) is 0. The van der Waals surface area contributed by atoms with Gasteiger partial charge in [0.05, 0.1) is 0 Å². The molecule has 0 aliphatic carbocycles. The Kier molecular flexibility index (Phi) is 6.66. The molecule has 0 radical (unpaired) electrons. The monoisotopic (exact) mass is 321 g/mol. The van der Waals surface area contributed by atoms with E-state index in [1.807, 2.05) is 0 Å². The van der Waals surface area contributed by atoms with Gasteiger partial charge in [0.25, 0.3) is 0 Å². The number of nitrogens with zero attached hydrogens (tertiary/aromatic N) is 1. The van der Waals surface area contributed by atoms with Crippen LogP contribution in [0, 0.1) is 6.92 Å². The van der Waals surface area contributed by atoms with E-state index >= 15 is 0 Å². The minimum Gasteiger partial charge on any atom is -0.375 e. The van der Waals surface area contributed by atoms with Gasteiger partial charge in [0.15, 0.2) is 0 Å². The van der Waals surface area contributed by atoms with Crippen LogP contribution in [0.2, 0.25) is 0 Å². The molecule has 0 saturated heterocycles. The number of rotatable bonds is 8. The van der Waals surface area contributed by atoms with Crippen molar-refractivity contribution in [2.24, 2.45) is 0 Å². The van der Waals surface area contributed by atoms with E-state index in [9.17, 15) is 0 Å². The summed E-state index contributed by atoms with van der Waals surface area (Å²) in [6, 6.07) is 17.5. The van der Waals surface area contributed by atoms with Crippen LogP contribution >= 0.6 is 0 Å². The van der Waals surface area contributed by atoms with Crippen LogP contribution in [-0.2, 0) is 0 Å². The standard InChI is InChI=1S/C23H31N/c1-6-15-24(16-7-2)20(5)19(4)22-13-14-23(18(3)17-22)21-11-9-8-10-12-21/h8-14,17,19H,5-7,15-16H2,1-4H3. The maximum Gasteiger partial charge on any atom is 0.0205 e. The molecular weight excluding hydrogens is 290 g/mol. The summed E-state index contributed by atoms with van der Waals surface area (Å²) >= 11 is 0. The molecule has 0 saturated carbocycles. The van der Waals surface area contributed by atoms with E-state index in [-0.39, 0.29) is 0 Å². The lowest BCUT2D eigenvalue weighted by atomic mass is 9.92. The van der Waals surface area contributed by atoms with Crippen LogP contribution in [0.3, 0.4) is 0 Å². The fourth-order valence-electron chi connectivity index (χ4n) is 3.30. The first kappa shape index (κ1) is 18.3. The Bertz CT molecular complexity index is 651. The van der Waals surface area contributed by atoms with Crippen LogP contribution in [0.25, 0.3) is 11.1 Å². The van der Waals surface area contributed by atoms with Crippen molar-refractivity contribution in [2.75, 3.05) is 13.1 Å². The summed E-state index contributed by atoms with van der Waals surface area (Å²) in [6.45, 7) is 15.5. The van der Waals surface area contributed by atoms with Gasteiger partial charge in [0.2, 0.25) is 0 Å². The van der Waals surface area contributed by atoms with E-state index in [0.717, 1.165) is 25.9 Å². The van der Waals surface area contributed by atoms with Gasteiger partial charge in [0, 0.05) is 24.7 Å². The molecule has 2 aromatic rings. The summed E-state index contributed by atoms with van der Waals surface area (Å²) in [7, 11) is 0. The van der Waals surface area contributed by atoms with E-state index < -0.39 is 0 Å². The summed E-state index contributed by atoms with van der Waals surface area (Å²) in [5.41, 5.74) is 6.53. The third kappa shape index (κ3) is 4.29. The fraction of sp³-hybridized carbons (Fsp3) is 0.391. The zero-order chi connectivity index (χ0) is 17.5. The molecule has 0 fully saturated rings. The molecule has 0 N–H and O–H groups in total. The predicted molar refractivity (Wildman–Crippen MR) is 106 cm³/mol. The first-order valence-corrected chi connectivity index (χ1v) is 9.18. The van der Waals surface area contributed by atoms with Crippen molar-refractivity contribution in [3.8, 4) is 11.1 Å². The molecule has 0 aliphatic rings. The third-order valence-corrected chi connectivity index (χ3v) is 4.73. The molecule has 1 unspecified atom stereocenters. The first-order valence-electron chi connectivity index (χ1n) is 9.18. The number of hydrogen-bond acceptors (Lipinski definition) is 1. The molecule has 1 nitrogen and oxygen atoms in total. The Balaban J connectivity index is 2.22. The molecule has 128 valence electrons. The van der Waals surface area contributed by atoms with Crippen molar-refractivity contribution in [1.82, 2.24) is 4.90 Å².